The number of nitrogens with zero attached hydrogens (tertiary/aromatic N) is 5. The van der Waals surface area contributed by atoms with Crippen molar-refractivity contribution < 1.29 is 14.3 Å². The van der Waals surface area contributed by atoms with E-state index >= 15 is 0 Å². The quantitative estimate of drug-likeness (QED) is 0.833. The smallest absolute Gasteiger partial charge is 0.410 e. The maximum Gasteiger partial charge on any atom is 0.410 e. The minimum absolute atomic E-state index is 0.0298. The van der Waals surface area contributed by atoms with Crippen molar-refractivity contribution in [3.05, 3.63) is 11.4 Å². The first-order chi connectivity index (χ1) is 11.9. The molecule has 0 radical (unpaired) electrons. The predicted molar refractivity (Wildman–Crippen MR) is 92.8 cm³/mol. The molecule has 2 amide bonds. The summed E-state index contributed by atoms with van der Waals surface area (Å²) in [6, 6.07) is 0. The van der Waals surface area contributed by atoms with E-state index in [0.29, 0.717) is 24.8 Å². The number of carbonyl (C=O) groups is 2. The number of anilines is 2. The van der Waals surface area contributed by atoms with Crippen molar-refractivity contribution in [2.75, 3.05) is 63.1 Å². The van der Waals surface area contributed by atoms with E-state index in [0.717, 1.165) is 37.6 Å². The normalized spacial score (nSPS) is 18.4. The van der Waals surface area contributed by atoms with E-state index in [1.54, 1.807) is 0 Å². The molecule has 25 heavy (non-hydrogen) atoms. The van der Waals surface area contributed by atoms with Crippen LogP contribution in [-0.2, 0) is 9.53 Å². The maximum absolute atomic E-state index is 12.2. The molecule has 3 rings (SSSR count). The topological polar surface area (TPSA) is 90.9 Å². The summed E-state index contributed by atoms with van der Waals surface area (Å²) in [5, 5.41) is 2.82. The first-order valence-corrected chi connectivity index (χ1v) is 8.44. The minimum Gasteiger partial charge on any atom is -0.448 e. The number of ether oxygens (including phenoxy) is 1. The molecule has 2 fully saturated rings. The Balaban J connectivity index is 1.67. The Bertz CT molecular complexity index is 649. The van der Waals surface area contributed by atoms with Gasteiger partial charge < -0.3 is 19.9 Å². The minimum atomic E-state index is -0.453. The van der Waals surface area contributed by atoms with E-state index in [1.807, 2.05) is 13.8 Å². The third-order valence-corrected chi connectivity index (χ3v) is 4.49. The molecular formula is C16H24N6O3. The van der Waals surface area contributed by atoms with Crippen LogP contribution in [0.3, 0.4) is 0 Å². The van der Waals surface area contributed by atoms with Gasteiger partial charge in [0.15, 0.2) is 0 Å². The zero-order valence-corrected chi connectivity index (χ0v) is 14.9. The molecule has 9 nitrogen and oxygen atoms in total. The molecule has 0 spiro atoms. The van der Waals surface area contributed by atoms with E-state index in [4.69, 9.17) is 4.74 Å². The fraction of sp³-hybridized carbons (Fsp3) is 0.625. The fourth-order valence-corrected chi connectivity index (χ4v) is 2.95. The van der Waals surface area contributed by atoms with Crippen LogP contribution in [0.2, 0.25) is 0 Å². The van der Waals surface area contributed by atoms with Crippen molar-refractivity contribution in [1.29, 1.82) is 0 Å². The Labute approximate surface area is 147 Å². The lowest BCUT2D eigenvalue weighted by Crippen LogP contribution is -2.45. The number of hydrogen-bond acceptors (Lipinski definition) is 7. The van der Waals surface area contributed by atoms with Gasteiger partial charge in [0.2, 0.25) is 11.9 Å². The molecule has 2 aliphatic rings. The molecule has 2 saturated heterocycles. The second-order valence-electron chi connectivity index (χ2n) is 6.44. The molecule has 2 aliphatic heterocycles. The summed E-state index contributed by atoms with van der Waals surface area (Å²) in [6.07, 6.45) is -0.453. The number of likely N-dealkylation sites (N-methyl/N-ethyl adjacent to an activating group) is 1. The van der Waals surface area contributed by atoms with Crippen LogP contribution < -0.4 is 10.2 Å². The number of piperazine rings is 1. The van der Waals surface area contributed by atoms with Gasteiger partial charge in [-0.2, -0.15) is 0 Å². The zero-order chi connectivity index (χ0) is 18.0. The molecule has 9 heteroatoms. The lowest BCUT2D eigenvalue weighted by atomic mass is 10.2. The first-order valence-electron chi connectivity index (χ1n) is 8.44. The van der Waals surface area contributed by atoms with E-state index in [2.05, 4.69) is 32.1 Å². The summed E-state index contributed by atoms with van der Waals surface area (Å²) in [5.74, 6) is 0.421. The van der Waals surface area contributed by atoms with E-state index < -0.39 is 6.09 Å². The second-order valence-corrected chi connectivity index (χ2v) is 6.44. The summed E-state index contributed by atoms with van der Waals surface area (Å²) < 4.78 is 4.83. The standard InChI is InChI=1S/C16H24N6O3/c1-11-14(19-13(23)10-22-8-9-25-16(22)24)12(2)18-15(17-11)21-6-4-20(3)5-7-21/h4-10H2,1-3H3,(H,19,23). The van der Waals surface area contributed by atoms with Crippen LogP contribution in [0.1, 0.15) is 11.4 Å². The van der Waals surface area contributed by atoms with Crippen LogP contribution in [0.4, 0.5) is 16.4 Å². The highest BCUT2D eigenvalue weighted by Gasteiger charge is 2.25. The van der Waals surface area contributed by atoms with Gasteiger partial charge in [0.25, 0.3) is 0 Å². The molecular weight excluding hydrogens is 324 g/mol. The lowest BCUT2D eigenvalue weighted by Gasteiger charge is -2.32. The molecule has 0 bridgehead atoms. The molecule has 1 aromatic rings. The number of aromatic nitrogens is 2. The van der Waals surface area contributed by atoms with Gasteiger partial charge in [0, 0.05) is 26.2 Å². The van der Waals surface area contributed by atoms with Crippen molar-refractivity contribution in [1.82, 2.24) is 19.8 Å². The number of amides is 2. The van der Waals surface area contributed by atoms with Gasteiger partial charge in [0.1, 0.15) is 13.2 Å². The molecule has 0 aliphatic carbocycles. The zero-order valence-electron chi connectivity index (χ0n) is 14.9. The third kappa shape index (κ3) is 3.98. The van der Waals surface area contributed by atoms with E-state index in [9.17, 15) is 9.59 Å². The van der Waals surface area contributed by atoms with Gasteiger partial charge in [-0.15, -0.1) is 0 Å². The highest BCUT2D eigenvalue weighted by Crippen LogP contribution is 2.21. The Kier molecular flexibility index (Phi) is 5.03. The molecule has 3 heterocycles. The average Bonchev–Trinajstić information content (AvgIpc) is 2.96. The van der Waals surface area contributed by atoms with Crippen LogP contribution in [-0.4, -0.2) is 84.7 Å². The largest absolute Gasteiger partial charge is 0.448 e. The van der Waals surface area contributed by atoms with E-state index in [1.165, 1.54) is 4.90 Å². The van der Waals surface area contributed by atoms with Crippen molar-refractivity contribution in [2.45, 2.75) is 13.8 Å². The molecule has 0 unspecified atom stereocenters. The number of nitrogens with one attached hydrogen (secondary N) is 1. The molecule has 1 N–H and O–H groups in total. The second kappa shape index (κ2) is 7.22. The number of cyclic esters (lactones) is 1. The summed E-state index contributed by atoms with van der Waals surface area (Å²) in [4.78, 5) is 38.6. The maximum atomic E-state index is 12.2. The van der Waals surface area contributed by atoms with Crippen molar-refractivity contribution >= 4 is 23.6 Å². The van der Waals surface area contributed by atoms with Gasteiger partial charge >= 0.3 is 6.09 Å². The van der Waals surface area contributed by atoms with Crippen LogP contribution >= 0.6 is 0 Å². The lowest BCUT2D eigenvalue weighted by molar-refractivity contribution is -0.116. The summed E-state index contributed by atoms with van der Waals surface area (Å²) in [5.41, 5.74) is 2.05. The molecule has 0 aromatic carbocycles. The van der Waals surface area contributed by atoms with Crippen molar-refractivity contribution in [2.24, 2.45) is 0 Å². The van der Waals surface area contributed by atoms with Gasteiger partial charge in [-0.3, -0.25) is 9.69 Å². The number of hydrogen-bond donors (Lipinski definition) is 1. The molecule has 0 saturated carbocycles. The number of carbonyl (C=O) groups excluding carboxylic acids is 2. The van der Waals surface area contributed by atoms with Crippen LogP contribution in [0, 0.1) is 13.8 Å². The Morgan fingerprint density at radius 1 is 1.12 bits per heavy atom. The monoisotopic (exact) mass is 348 g/mol. The summed E-state index contributed by atoms with van der Waals surface area (Å²) in [7, 11) is 2.10. The first kappa shape index (κ1) is 17.4. The highest BCUT2D eigenvalue weighted by molar-refractivity contribution is 5.95. The summed E-state index contributed by atoms with van der Waals surface area (Å²) >= 11 is 0. The Hall–Kier alpha value is -2.42. The third-order valence-electron chi connectivity index (χ3n) is 4.49. The predicted octanol–water partition coefficient (Wildman–Crippen LogP) is 0.236. The molecule has 0 atom stereocenters. The van der Waals surface area contributed by atoms with Gasteiger partial charge in [-0.05, 0) is 20.9 Å². The van der Waals surface area contributed by atoms with Crippen LogP contribution in [0.25, 0.3) is 0 Å². The van der Waals surface area contributed by atoms with Crippen molar-refractivity contribution in [3.63, 3.8) is 0 Å². The Morgan fingerprint density at radius 2 is 1.76 bits per heavy atom. The van der Waals surface area contributed by atoms with Gasteiger partial charge in [-0.25, -0.2) is 14.8 Å². The molecule has 1 aromatic heterocycles. The summed E-state index contributed by atoms with van der Waals surface area (Å²) in [6.45, 7) is 8.17. The van der Waals surface area contributed by atoms with Gasteiger partial charge in [-0.1, -0.05) is 0 Å². The van der Waals surface area contributed by atoms with Crippen LogP contribution in [0.5, 0.6) is 0 Å². The Morgan fingerprint density at radius 3 is 2.32 bits per heavy atom. The fourth-order valence-electron chi connectivity index (χ4n) is 2.95. The average molecular weight is 348 g/mol. The SMILES string of the molecule is Cc1nc(N2CCN(C)CC2)nc(C)c1NC(=O)CN1CCOC1=O. The van der Waals surface area contributed by atoms with Crippen molar-refractivity contribution in [3.8, 4) is 0 Å². The molecule has 136 valence electrons. The van der Waals surface area contributed by atoms with Gasteiger partial charge in [0.05, 0.1) is 23.6 Å². The highest BCUT2D eigenvalue weighted by atomic mass is 16.6. The number of aryl methyl sites for hydroxylation is 2. The van der Waals surface area contributed by atoms with Crippen LogP contribution in [0.15, 0.2) is 0 Å². The number of rotatable bonds is 4. The van der Waals surface area contributed by atoms with E-state index in [-0.39, 0.29) is 12.5 Å².